The van der Waals surface area contributed by atoms with Crippen LogP contribution in [0.2, 0.25) is 0 Å². The highest BCUT2D eigenvalue weighted by Gasteiger charge is 2.37. The van der Waals surface area contributed by atoms with Crippen LogP contribution < -0.4 is 0 Å². The summed E-state index contributed by atoms with van der Waals surface area (Å²) in [7, 11) is 0. The monoisotopic (exact) mass is 298 g/mol. The molecule has 0 aromatic carbocycles. The van der Waals surface area contributed by atoms with Gasteiger partial charge in [-0.15, -0.1) is 0 Å². The summed E-state index contributed by atoms with van der Waals surface area (Å²) in [5.41, 5.74) is 6.84. The van der Waals surface area contributed by atoms with Gasteiger partial charge in [0.1, 0.15) is 6.29 Å². The molecule has 2 rings (SSSR count). The smallest absolute Gasteiger partial charge is 0.146 e. The number of rotatable bonds is 3. The molecule has 0 saturated carbocycles. The maximum Gasteiger partial charge on any atom is 0.146 e. The van der Waals surface area contributed by atoms with Gasteiger partial charge in [0, 0.05) is 5.92 Å². The molecule has 0 radical (unpaired) electrons. The summed E-state index contributed by atoms with van der Waals surface area (Å²) in [6.07, 6.45) is 11.3. The quantitative estimate of drug-likeness (QED) is 0.475. The number of carbonyl (C=O) groups is 1. The minimum atomic E-state index is 0.200. The Morgan fingerprint density at radius 1 is 1.32 bits per heavy atom. The molecule has 0 saturated heterocycles. The van der Waals surface area contributed by atoms with Gasteiger partial charge >= 0.3 is 0 Å². The van der Waals surface area contributed by atoms with Crippen molar-refractivity contribution in [3.05, 3.63) is 46.1 Å². The molecule has 0 aromatic rings. The lowest BCUT2D eigenvalue weighted by molar-refractivity contribution is -0.105. The maximum absolute atomic E-state index is 11.6. The molecule has 1 heteroatoms. The molecule has 0 N–H and O–H groups in total. The van der Waals surface area contributed by atoms with Gasteiger partial charge in [-0.3, -0.25) is 4.79 Å². The molecule has 120 valence electrons. The first-order valence-corrected chi connectivity index (χ1v) is 8.53. The maximum atomic E-state index is 11.6. The predicted octanol–water partition coefficient (Wildman–Crippen LogP) is 5.80. The van der Waals surface area contributed by atoms with Gasteiger partial charge in [-0.2, -0.15) is 0 Å². The molecule has 2 aliphatic carbocycles. The third-order valence-corrected chi connectivity index (χ3v) is 5.34. The molecule has 0 heterocycles. The summed E-state index contributed by atoms with van der Waals surface area (Å²) >= 11 is 0. The highest BCUT2D eigenvalue weighted by molar-refractivity contribution is 5.76. The molecule has 0 spiro atoms. The molecular formula is C21H30O. The lowest BCUT2D eigenvalue weighted by Crippen LogP contribution is -2.29. The summed E-state index contributed by atoms with van der Waals surface area (Å²) in [4.78, 5) is 11.6. The number of hydrogen-bond donors (Lipinski definition) is 0. The lowest BCUT2D eigenvalue weighted by Gasteiger charge is -2.41. The second-order valence-corrected chi connectivity index (χ2v) is 7.65. The Labute approximate surface area is 135 Å². The summed E-state index contributed by atoms with van der Waals surface area (Å²) in [5, 5.41) is 0. The Morgan fingerprint density at radius 3 is 2.55 bits per heavy atom. The summed E-state index contributed by atoms with van der Waals surface area (Å²) < 4.78 is 0. The fourth-order valence-electron chi connectivity index (χ4n) is 4.47. The molecule has 0 bridgehead atoms. The van der Waals surface area contributed by atoms with E-state index in [4.69, 9.17) is 0 Å². The van der Waals surface area contributed by atoms with E-state index in [1.165, 1.54) is 41.6 Å². The van der Waals surface area contributed by atoms with Crippen LogP contribution >= 0.6 is 0 Å². The first-order valence-electron chi connectivity index (χ1n) is 8.53. The zero-order valence-electron chi connectivity index (χ0n) is 15.0. The van der Waals surface area contributed by atoms with Crippen LogP contribution in [0.1, 0.15) is 60.8 Å². The van der Waals surface area contributed by atoms with Crippen molar-refractivity contribution in [2.24, 2.45) is 17.3 Å². The van der Waals surface area contributed by atoms with Gasteiger partial charge in [-0.05, 0) is 68.1 Å². The Morgan fingerprint density at radius 2 is 2.00 bits per heavy atom. The second-order valence-electron chi connectivity index (χ2n) is 7.65. The van der Waals surface area contributed by atoms with Crippen molar-refractivity contribution >= 4 is 6.29 Å². The molecule has 1 nitrogen and oxygen atoms in total. The standard InChI is InChI=1S/C21H30O/c1-7-17(13-22)19-16(4)11-14(2)12-18(19)20-15(3)9-8-10-21(20,5)6/h7,11-13,16,19H,8-10H2,1-6H3/b17-7-/t16-,19-/m0/s1. The fraction of sp³-hybridized carbons (Fsp3) is 0.571. The summed E-state index contributed by atoms with van der Waals surface area (Å²) in [6, 6.07) is 0. The van der Waals surface area contributed by atoms with Gasteiger partial charge < -0.3 is 0 Å². The Kier molecular flexibility index (Phi) is 4.94. The number of carbonyl (C=O) groups excluding carboxylic acids is 1. The largest absolute Gasteiger partial charge is 0.298 e. The third kappa shape index (κ3) is 3.04. The van der Waals surface area contributed by atoms with Gasteiger partial charge in [-0.25, -0.2) is 0 Å². The van der Waals surface area contributed by atoms with Gasteiger partial charge in [0.2, 0.25) is 0 Å². The second kappa shape index (κ2) is 6.40. The zero-order valence-corrected chi connectivity index (χ0v) is 15.0. The van der Waals surface area contributed by atoms with Crippen LogP contribution in [0.5, 0.6) is 0 Å². The van der Waals surface area contributed by atoms with Gasteiger partial charge in [0.15, 0.2) is 0 Å². The van der Waals surface area contributed by atoms with Crippen LogP contribution in [0, 0.1) is 17.3 Å². The van der Waals surface area contributed by atoms with Gasteiger partial charge in [0.25, 0.3) is 0 Å². The van der Waals surface area contributed by atoms with Crippen molar-refractivity contribution in [3.8, 4) is 0 Å². The van der Waals surface area contributed by atoms with Crippen molar-refractivity contribution in [2.75, 3.05) is 0 Å². The van der Waals surface area contributed by atoms with Crippen molar-refractivity contribution in [3.63, 3.8) is 0 Å². The number of hydrogen-bond acceptors (Lipinski definition) is 1. The minimum Gasteiger partial charge on any atom is -0.298 e. The number of aldehydes is 1. The van der Waals surface area contributed by atoms with E-state index in [9.17, 15) is 4.79 Å². The van der Waals surface area contributed by atoms with Crippen LogP contribution in [-0.2, 0) is 4.79 Å². The van der Waals surface area contributed by atoms with E-state index in [0.717, 1.165) is 11.9 Å². The van der Waals surface area contributed by atoms with E-state index in [0.29, 0.717) is 5.92 Å². The zero-order chi connectivity index (χ0) is 16.5. The summed E-state index contributed by atoms with van der Waals surface area (Å²) in [5.74, 6) is 0.572. The average molecular weight is 298 g/mol. The Hall–Kier alpha value is -1.37. The third-order valence-electron chi connectivity index (χ3n) is 5.34. The average Bonchev–Trinajstić information content (AvgIpc) is 2.41. The van der Waals surface area contributed by atoms with Crippen molar-refractivity contribution < 1.29 is 4.79 Å². The first kappa shape index (κ1) is 17.0. The molecule has 2 atom stereocenters. The van der Waals surface area contributed by atoms with Crippen LogP contribution in [0.3, 0.4) is 0 Å². The van der Waals surface area contributed by atoms with Crippen LogP contribution in [0.4, 0.5) is 0 Å². The molecule has 0 fully saturated rings. The van der Waals surface area contributed by atoms with E-state index < -0.39 is 0 Å². The van der Waals surface area contributed by atoms with E-state index in [-0.39, 0.29) is 11.3 Å². The van der Waals surface area contributed by atoms with E-state index in [1.807, 2.05) is 13.0 Å². The molecule has 22 heavy (non-hydrogen) atoms. The first-order chi connectivity index (χ1) is 10.3. The normalized spacial score (nSPS) is 29.1. The highest BCUT2D eigenvalue weighted by atomic mass is 16.1. The highest BCUT2D eigenvalue weighted by Crippen LogP contribution is 2.49. The molecule has 0 unspecified atom stereocenters. The Balaban J connectivity index is 2.62. The lowest BCUT2D eigenvalue weighted by atomic mass is 9.63. The molecular weight excluding hydrogens is 268 g/mol. The van der Waals surface area contributed by atoms with Gasteiger partial charge in [0.05, 0.1) is 0 Å². The molecule has 0 aliphatic heterocycles. The topological polar surface area (TPSA) is 17.1 Å². The van der Waals surface area contributed by atoms with Crippen LogP contribution in [-0.4, -0.2) is 6.29 Å². The van der Waals surface area contributed by atoms with Crippen LogP contribution in [0.25, 0.3) is 0 Å². The minimum absolute atomic E-state index is 0.200. The number of allylic oxidation sites excluding steroid dienone is 8. The van der Waals surface area contributed by atoms with Crippen molar-refractivity contribution in [1.29, 1.82) is 0 Å². The van der Waals surface area contributed by atoms with Crippen molar-refractivity contribution in [1.82, 2.24) is 0 Å². The van der Waals surface area contributed by atoms with E-state index in [1.54, 1.807) is 0 Å². The Bertz CT molecular complexity index is 581. The van der Waals surface area contributed by atoms with Gasteiger partial charge in [-0.1, -0.05) is 50.1 Å². The van der Waals surface area contributed by atoms with E-state index in [2.05, 4.69) is 46.8 Å². The fourth-order valence-corrected chi connectivity index (χ4v) is 4.47. The molecule has 2 aliphatic rings. The summed E-state index contributed by atoms with van der Waals surface area (Å²) in [6.45, 7) is 13.4. The SMILES string of the molecule is C/C=C(/C=O)[C@H]1C(C2=C(C)CCCC2(C)C)=CC(C)=C[C@@H]1C. The van der Waals surface area contributed by atoms with Crippen LogP contribution in [0.15, 0.2) is 46.1 Å². The van der Waals surface area contributed by atoms with Crippen molar-refractivity contribution in [2.45, 2.75) is 60.8 Å². The molecule has 0 aromatic heterocycles. The predicted molar refractivity (Wildman–Crippen MR) is 94.6 cm³/mol. The van der Waals surface area contributed by atoms with E-state index >= 15 is 0 Å². The molecule has 0 amide bonds.